The number of aliphatic carboxylic acids is 1. The Balaban J connectivity index is 2.25. The van der Waals surface area contributed by atoms with Crippen LogP contribution in [-0.2, 0) is 9.53 Å². The standard InChI is InChI=1S/C16H20N2O6/c1-16(2,3)24-15(21)17-8-12(13(9-17)14(19)20)10-5-4-6-11(7-10)18(22)23/h4-7,12-13H,8-9H2,1-3H3,(H,19,20). The van der Waals surface area contributed by atoms with Crippen LogP contribution in [0.5, 0.6) is 0 Å². The lowest BCUT2D eigenvalue weighted by Gasteiger charge is -2.24. The smallest absolute Gasteiger partial charge is 0.410 e. The molecule has 0 spiro atoms. The first kappa shape index (κ1) is 17.7. The number of hydrogen-bond donors (Lipinski definition) is 1. The monoisotopic (exact) mass is 336 g/mol. The molecule has 1 aliphatic heterocycles. The number of nitro benzene ring substituents is 1. The number of nitrogens with zero attached hydrogens (tertiary/aromatic N) is 2. The first-order valence-electron chi connectivity index (χ1n) is 7.53. The Labute approximate surface area is 139 Å². The zero-order chi connectivity index (χ0) is 18.1. The first-order chi connectivity index (χ1) is 11.1. The van der Waals surface area contributed by atoms with E-state index in [4.69, 9.17) is 4.74 Å². The molecule has 2 unspecified atom stereocenters. The van der Waals surface area contributed by atoms with Crippen molar-refractivity contribution in [3.63, 3.8) is 0 Å². The summed E-state index contributed by atoms with van der Waals surface area (Å²) in [5, 5.41) is 20.4. The second kappa shape index (κ2) is 6.46. The Morgan fingerprint density at radius 3 is 2.54 bits per heavy atom. The zero-order valence-corrected chi connectivity index (χ0v) is 13.8. The minimum Gasteiger partial charge on any atom is -0.481 e. The Hall–Kier alpha value is -2.64. The quantitative estimate of drug-likeness (QED) is 0.671. The molecule has 24 heavy (non-hydrogen) atoms. The van der Waals surface area contributed by atoms with E-state index in [0.29, 0.717) is 5.56 Å². The van der Waals surface area contributed by atoms with E-state index in [1.807, 2.05) is 0 Å². The predicted molar refractivity (Wildman–Crippen MR) is 84.8 cm³/mol. The van der Waals surface area contributed by atoms with Gasteiger partial charge in [0.25, 0.3) is 5.69 Å². The van der Waals surface area contributed by atoms with Gasteiger partial charge in [-0.1, -0.05) is 12.1 Å². The summed E-state index contributed by atoms with van der Waals surface area (Å²) in [5.74, 6) is -2.40. The maximum Gasteiger partial charge on any atom is 0.410 e. The number of ether oxygens (including phenoxy) is 1. The summed E-state index contributed by atoms with van der Waals surface area (Å²) < 4.78 is 5.28. The van der Waals surface area contributed by atoms with Gasteiger partial charge in [-0.3, -0.25) is 14.9 Å². The van der Waals surface area contributed by atoms with Gasteiger partial charge in [-0.05, 0) is 26.3 Å². The van der Waals surface area contributed by atoms with Crippen LogP contribution < -0.4 is 0 Å². The lowest BCUT2D eigenvalue weighted by atomic mass is 9.89. The molecule has 1 fully saturated rings. The van der Waals surface area contributed by atoms with Crippen molar-refractivity contribution in [2.45, 2.75) is 32.3 Å². The van der Waals surface area contributed by atoms with Crippen molar-refractivity contribution in [1.82, 2.24) is 4.90 Å². The molecule has 0 bridgehead atoms. The number of hydrogen-bond acceptors (Lipinski definition) is 5. The topological polar surface area (TPSA) is 110 Å². The van der Waals surface area contributed by atoms with Gasteiger partial charge in [0, 0.05) is 31.1 Å². The fraction of sp³-hybridized carbons (Fsp3) is 0.500. The Bertz CT molecular complexity index is 667. The SMILES string of the molecule is CC(C)(C)OC(=O)N1CC(C(=O)O)C(c2cccc([N+](=O)[O-])c2)C1. The van der Waals surface area contributed by atoms with Crippen LogP contribution in [0.3, 0.4) is 0 Å². The van der Waals surface area contributed by atoms with Gasteiger partial charge in [0.2, 0.25) is 0 Å². The van der Waals surface area contributed by atoms with Crippen molar-refractivity contribution in [3.05, 3.63) is 39.9 Å². The second-order valence-corrected chi connectivity index (χ2v) is 6.79. The minimum absolute atomic E-state index is 0.0115. The molecule has 8 heteroatoms. The van der Waals surface area contributed by atoms with Gasteiger partial charge in [0.15, 0.2) is 0 Å². The number of non-ortho nitro benzene ring substituents is 1. The molecule has 1 heterocycles. The van der Waals surface area contributed by atoms with E-state index in [2.05, 4.69) is 0 Å². The normalized spacial score (nSPS) is 20.7. The van der Waals surface area contributed by atoms with Crippen molar-refractivity contribution in [3.8, 4) is 0 Å². The average molecular weight is 336 g/mol. The van der Waals surface area contributed by atoms with Crippen molar-refractivity contribution >= 4 is 17.7 Å². The van der Waals surface area contributed by atoms with E-state index in [1.165, 1.54) is 23.1 Å². The largest absolute Gasteiger partial charge is 0.481 e. The van der Waals surface area contributed by atoms with Gasteiger partial charge < -0.3 is 14.7 Å². The van der Waals surface area contributed by atoms with Crippen molar-refractivity contribution in [2.75, 3.05) is 13.1 Å². The highest BCUT2D eigenvalue weighted by molar-refractivity contribution is 5.76. The highest BCUT2D eigenvalue weighted by atomic mass is 16.6. The van der Waals surface area contributed by atoms with E-state index in [1.54, 1.807) is 26.8 Å². The van der Waals surface area contributed by atoms with Crippen molar-refractivity contribution in [2.24, 2.45) is 5.92 Å². The van der Waals surface area contributed by atoms with E-state index in [9.17, 15) is 24.8 Å². The van der Waals surface area contributed by atoms with Crippen molar-refractivity contribution < 1.29 is 24.4 Å². The number of carbonyl (C=O) groups is 2. The number of benzene rings is 1. The highest BCUT2D eigenvalue weighted by Crippen LogP contribution is 2.35. The van der Waals surface area contributed by atoms with Crippen LogP contribution >= 0.6 is 0 Å². The number of carboxylic acids is 1. The third kappa shape index (κ3) is 4.01. The predicted octanol–water partition coefficient (Wildman–Crippen LogP) is 2.63. The Kier molecular flexibility index (Phi) is 4.77. The lowest BCUT2D eigenvalue weighted by Crippen LogP contribution is -2.35. The lowest BCUT2D eigenvalue weighted by molar-refractivity contribution is -0.384. The zero-order valence-electron chi connectivity index (χ0n) is 13.8. The number of likely N-dealkylation sites (tertiary alicyclic amines) is 1. The molecule has 1 N–H and O–H groups in total. The molecule has 1 aliphatic rings. The third-order valence-corrected chi connectivity index (χ3v) is 3.80. The van der Waals surface area contributed by atoms with Crippen LogP contribution in [0.4, 0.5) is 10.5 Å². The van der Waals surface area contributed by atoms with Gasteiger partial charge in [-0.15, -0.1) is 0 Å². The van der Waals surface area contributed by atoms with Crippen LogP contribution in [0.1, 0.15) is 32.3 Å². The van der Waals surface area contributed by atoms with E-state index in [0.717, 1.165) is 0 Å². The molecule has 1 aromatic carbocycles. The molecule has 1 aromatic rings. The molecular weight excluding hydrogens is 316 g/mol. The van der Waals surface area contributed by atoms with Crippen molar-refractivity contribution in [1.29, 1.82) is 0 Å². The summed E-state index contributed by atoms with van der Waals surface area (Å²) in [6.07, 6.45) is -0.582. The molecule has 2 rings (SSSR count). The molecule has 1 amide bonds. The van der Waals surface area contributed by atoms with E-state index in [-0.39, 0.29) is 18.8 Å². The summed E-state index contributed by atoms with van der Waals surface area (Å²) in [4.78, 5) is 35.5. The molecule has 8 nitrogen and oxygen atoms in total. The Morgan fingerprint density at radius 1 is 1.33 bits per heavy atom. The average Bonchev–Trinajstić information content (AvgIpc) is 2.91. The molecule has 2 atom stereocenters. The van der Waals surface area contributed by atoms with Crippen LogP contribution in [0.15, 0.2) is 24.3 Å². The fourth-order valence-electron chi connectivity index (χ4n) is 2.74. The van der Waals surface area contributed by atoms with Crippen LogP contribution in [0.25, 0.3) is 0 Å². The van der Waals surface area contributed by atoms with Crippen LogP contribution in [0, 0.1) is 16.0 Å². The van der Waals surface area contributed by atoms with Crippen LogP contribution in [0.2, 0.25) is 0 Å². The summed E-state index contributed by atoms with van der Waals surface area (Å²) >= 11 is 0. The maximum atomic E-state index is 12.2. The van der Waals surface area contributed by atoms with E-state index < -0.39 is 34.4 Å². The second-order valence-electron chi connectivity index (χ2n) is 6.79. The van der Waals surface area contributed by atoms with Crippen LogP contribution in [-0.4, -0.2) is 45.7 Å². The number of amides is 1. The highest BCUT2D eigenvalue weighted by Gasteiger charge is 2.42. The van der Waals surface area contributed by atoms with Gasteiger partial charge in [-0.25, -0.2) is 4.79 Å². The summed E-state index contributed by atoms with van der Waals surface area (Å²) in [5.41, 5.74) is -0.255. The molecule has 1 saturated heterocycles. The third-order valence-electron chi connectivity index (χ3n) is 3.80. The fourth-order valence-corrected chi connectivity index (χ4v) is 2.74. The van der Waals surface area contributed by atoms with Gasteiger partial charge in [0.05, 0.1) is 10.8 Å². The maximum absolute atomic E-state index is 12.2. The Morgan fingerprint density at radius 2 is 2.00 bits per heavy atom. The molecule has 0 radical (unpaired) electrons. The summed E-state index contributed by atoms with van der Waals surface area (Å²) in [6.45, 7) is 5.35. The molecule has 130 valence electrons. The van der Waals surface area contributed by atoms with Gasteiger partial charge in [0.1, 0.15) is 5.60 Å². The minimum atomic E-state index is -1.04. The molecule has 0 saturated carbocycles. The molecular formula is C16H20N2O6. The molecule has 0 aromatic heterocycles. The number of carbonyl (C=O) groups excluding carboxylic acids is 1. The number of carboxylic acid groups (broad SMARTS) is 1. The summed E-state index contributed by atoms with van der Waals surface area (Å²) in [6, 6.07) is 5.87. The van der Waals surface area contributed by atoms with Gasteiger partial charge >= 0.3 is 12.1 Å². The number of nitro groups is 1. The summed E-state index contributed by atoms with van der Waals surface area (Å²) in [7, 11) is 0. The molecule has 0 aliphatic carbocycles. The number of rotatable bonds is 3. The first-order valence-corrected chi connectivity index (χ1v) is 7.53. The van der Waals surface area contributed by atoms with E-state index >= 15 is 0 Å². The van der Waals surface area contributed by atoms with Gasteiger partial charge in [-0.2, -0.15) is 0 Å².